The quantitative estimate of drug-likeness (QED) is 0.579. The van der Waals surface area contributed by atoms with Crippen LogP contribution in [0.15, 0.2) is 48.7 Å². The zero-order valence-corrected chi connectivity index (χ0v) is 16.0. The van der Waals surface area contributed by atoms with Crippen molar-refractivity contribution in [3.8, 4) is 5.69 Å². The molecule has 0 aliphatic carbocycles. The Morgan fingerprint density at radius 1 is 1.14 bits per heavy atom. The lowest BCUT2D eigenvalue weighted by molar-refractivity contribution is 0.0699. The molecule has 0 atom stereocenters. The topological polar surface area (TPSA) is 80.5 Å². The number of aromatic nitrogens is 3. The van der Waals surface area contributed by atoms with Crippen molar-refractivity contribution < 1.29 is 14.6 Å². The van der Waals surface area contributed by atoms with Crippen molar-refractivity contribution in [3.05, 3.63) is 60.0 Å². The summed E-state index contributed by atoms with van der Waals surface area (Å²) in [5.41, 5.74) is 4.18. The van der Waals surface area contributed by atoms with E-state index in [2.05, 4.69) is 14.9 Å². The third-order valence-electron chi connectivity index (χ3n) is 5.39. The fraction of sp³-hybridized carbons (Fsp3) is 0.227. The van der Waals surface area contributed by atoms with Crippen LogP contribution < -0.4 is 4.90 Å². The molecule has 2 aromatic heterocycles. The van der Waals surface area contributed by atoms with E-state index in [1.807, 2.05) is 47.9 Å². The molecule has 7 nitrogen and oxygen atoms in total. The van der Waals surface area contributed by atoms with E-state index < -0.39 is 5.97 Å². The summed E-state index contributed by atoms with van der Waals surface area (Å²) in [6.45, 7) is 4.63. The summed E-state index contributed by atoms with van der Waals surface area (Å²) in [5.74, 6) is -0.243. The van der Waals surface area contributed by atoms with E-state index in [4.69, 9.17) is 4.74 Å². The van der Waals surface area contributed by atoms with Gasteiger partial charge in [-0.05, 0) is 31.2 Å². The lowest BCUT2D eigenvalue weighted by Crippen LogP contribution is -2.36. The Morgan fingerprint density at radius 3 is 2.72 bits per heavy atom. The van der Waals surface area contributed by atoms with Crippen molar-refractivity contribution in [2.75, 3.05) is 31.2 Å². The van der Waals surface area contributed by atoms with Gasteiger partial charge in [0.2, 0.25) is 0 Å². The van der Waals surface area contributed by atoms with Gasteiger partial charge in [0.25, 0.3) is 0 Å². The highest BCUT2D eigenvalue weighted by molar-refractivity contribution is 6.04. The zero-order valence-electron chi connectivity index (χ0n) is 16.0. The van der Waals surface area contributed by atoms with Gasteiger partial charge >= 0.3 is 5.97 Å². The fourth-order valence-electron chi connectivity index (χ4n) is 4.03. The summed E-state index contributed by atoms with van der Waals surface area (Å²) in [4.78, 5) is 23.2. The molecule has 146 valence electrons. The zero-order chi connectivity index (χ0) is 20.0. The molecule has 0 saturated carbocycles. The Balaban J connectivity index is 1.80. The van der Waals surface area contributed by atoms with Crippen molar-refractivity contribution in [2.45, 2.75) is 6.92 Å². The summed E-state index contributed by atoms with van der Waals surface area (Å²) in [7, 11) is 0. The first-order valence-corrected chi connectivity index (χ1v) is 9.57. The van der Waals surface area contributed by atoms with Gasteiger partial charge < -0.3 is 14.7 Å². The highest BCUT2D eigenvalue weighted by atomic mass is 16.5. The molecule has 4 aromatic rings. The molecule has 0 radical (unpaired) electrons. The molecule has 1 fully saturated rings. The van der Waals surface area contributed by atoms with E-state index >= 15 is 0 Å². The molecule has 1 aliphatic heterocycles. The predicted molar refractivity (Wildman–Crippen MR) is 111 cm³/mol. The maximum absolute atomic E-state index is 12.0. The summed E-state index contributed by atoms with van der Waals surface area (Å²) >= 11 is 0. The Hall–Kier alpha value is -3.45. The highest BCUT2D eigenvalue weighted by Gasteiger charge is 2.21. The van der Waals surface area contributed by atoms with E-state index in [0.717, 1.165) is 46.7 Å². The lowest BCUT2D eigenvalue weighted by Gasteiger charge is -2.29. The van der Waals surface area contributed by atoms with Gasteiger partial charge in [0.15, 0.2) is 0 Å². The summed E-state index contributed by atoms with van der Waals surface area (Å²) in [6, 6.07) is 13.6. The molecule has 2 aromatic carbocycles. The summed E-state index contributed by atoms with van der Waals surface area (Å²) in [5, 5.41) is 10.8. The minimum Gasteiger partial charge on any atom is -0.478 e. The molecular formula is C22H20N4O3. The maximum atomic E-state index is 12.0. The van der Waals surface area contributed by atoms with Gasteiger partial charge in [-0.1, -0.05) is 18.2 Å². The number of rotatable bonds is 3. The Labute approximate surface area is 167 Å². The van der Waals surface area contributed by atoms with Gasteiger partial charge in [-0.15, -0.1) is 0 Å². The number of nitrogens with zero attached hydrogens (tertiary/aromatic N) is 4. The molecule has 0 spiro atoms. The molecule has 7 heteroatoms. The molecule has 1 saturated heterocycles. The van der Waals surface area contributed by atoms with Crippen LogP contribution in [0.1, 0.15) is 16.2 Å². The minimum absolute atomic E-state index is 0.212. The number of para-hydroxylation sites is 1. The number of anilines is 1. The van der Waals surface area contributed by atoms with E-state index in [-0.39, 0.29) is 5.56 Å². The van der Waals surface area contributed by atoms with Crippen LogP contribution in [0.2, 0.25) is 0 Å². The van der Waals surface area contributed by atoms with Crippen molar-refractivity contribution in [2.24, 2.45) is 0 Å². The second-order valence-electron chi connectivity index (χ2n) is 7.11. The number of fused-ring (bicyclic) bond motifs is 2. The minimum atomic E-state index is -0.977. The van der Waals surface area contributed by atoms with E-state index in [0.29, 0.717) is 18.7 Å². The van der Waals surface area contributed by atoms with E-state index in [1.54, 1.807) is 12.3 Å². The molecule has 5 rings (SSSR count). The highest BCUT2D eigenvalue weighted by Crippen LogP contribution is 2.32. The van der Waals surface area contributed by atoms with Crippen LogP contribution in [0.4, 0.5) is 5.69 Å². The maximum Gasteiger partial charge on any atom is 0.338 e. The number of carbonyl (C=O) groups is 1. The number of carboxylic acid groups (broad SMARTS) is 1. The number of morpholine rings is 1. The fourth-order valence-corrected chi connectivity index (χ4v) is 4.03. The predicted octanol–water partition coefficient (Wildman–Crippen LogP) is 3.42. The van der Waals surface area contributed by atoms with Crippen molar-refractivity contribution in [1.82, 2.24) is 14.5 Å². The summed E-state index contributed by atoms with van der Waals surface area (Å²) in [6.07, 6.45) is 1.77. The molecule has 0 amide bonds. The number of aromatic carboxylic acids is 1. The molecule has 0 unspecified atom stereocenters. The number of pyridine rings is 1. The first kappa shape index (κ1) is 17.6. The van der Waals surface area contributed by atoms with Crippen LogP contribution in [0.3, 0.4) is 0 Å². The largest absolute Gasteiger partial charge is 0.478 e. The molecule has 1 aliphatic rings. The van der Waals surface area contributed by atoms with Gasteiger partial charge in [0.05, 0.1) is 35.5 Å². The SMILES string of the molecule is Cc1nc2c(C(=O)O)cc(N3CCOCC3)cc2n1-c1ccnc2ccccc12. The number of aryl methyl sites for hydroxylation is 1. The average molecular weight is 388 g/mol. The second-order valence-corrected chi connectivity index (χ2v) is 7.11. The van der Waals surface area contributed by atoms with Gasteiger partial charge in [0, 0.05) is 30.4 Å². The number of imidazole rings is 1. The van der Waals surface area contributed by atoms with Crippen LogP contribution >= 0.6 is 0 Å². The number of ether oxygens (including phenoxy) is 1. The molecule has 0 bridgehead atoms. The number of benzene rings is 2. The first-order chi connectivity index (χ1) is 14.1. The van der Waals surface area contributed by atoms with Crippen molar-refractivity contribution in [1.29, 1.82) is 0 Å². The average Bonchev–Trinajstić information content (AvgIpc) is 3.08. The van der Waals surface area contributed by atoms with Crippen LogP contribution in [0, 0.1) is 6.92 Å². The number of carboxylic acids is 1. The van der Waals surface area contributed by atoms with E-state index in [1.165, 1.54) is 0 Å². The summed E-state index contributed by atoms with van der Waals surface area (Å²) < 4.78 is 7.47. The number of hydrogen-bond donors (Lipinski definition) is 1. The Bertz CT molecular complexity index is 1240. The molecular weight excluding hydrogens is 368 g/mol. The third-order valence-corrected chi connectivity index (χ3v) is 5.39. The molecule has 1 N–H and O–H groups in total. The van der Waals surface area contributed by atoms with E-state index in [9.17, 15) is 9.90 Å². The van der Waals surface area contributed by atoms with Crippen molar-refractivity contribution in [3.63, 3.8) is 0 Å². The van der Waals surface area contributed by atoms with Crippen LogP contribution in [0.25, 0.3) is 27.6 Å². The van der Waals surface area contributed by atoms with Gasteiger partial charge in [-0.25, -0.2) is 9.78 Å². The van der Waals surface area contributed by atoms with Crippen LogP contribution in [0.5, 0.6) is 0 Å². The third kappa shape index (κ3) is 2.91. The Kier molecular flexibility index (Phi) is 4.17. The normalized spacial score (nSPS) is 14.6. The first-order valence-electron chi connectivity index (χ1n) is 9.57. The van der Waals surface area contributed by atoms with Crippen molar-refractivity contribution >= 4 is 33.6 Å². The molecule has 29 heavy (non-hydrogen) atoms. The monoisotopic (exact) mass is 388 g/mol. The van der Waals surface area contributed by atoms with Crippen LogP contribution in [-0.4, -0.2) is 51.9 Å². The number of hydrogen-bond acceptors (Lipinski definition) is 5. The molecule has 3 heterocycles. The second kappa shape index (κ2) is 6.86. The standard InChI is InChI=1S/C22H20N4O3/c1-14-24-21-17(22(27)28)12-15(25-8-10-29-11-9-25)13-20(21)26(14)19-6-7-23-18-5-3-2-4-16(18)19/h2-7,12-13H,8-11H2,1H3,(H,27,28). The lowest BCUT2D eigenvalue weighted by atomic mass is 10.1. The van der Waals surface area contributed by atoms with Gasteiger partial charge in [0.1, 0.15) is 11.3 Å². The smallest absolute Gasteiger partial charge is 0.338 e. The Morgan fingerprint density at radius 2 is 1.93 bits per heavy atom. The van der Waals surface area contributed by atoms with Gasteiger partial charge in [-0.2, -0.15) is 0 Å². The van der Waals surface area contributed by atoms with Crippen LogP contribution in [-0.2, 0) is 4.74 Å². The van der Waals surface area contributed by atoms with Gasteiger partial charge in [-0.3, -0.25) is 9.55 Å².